The molecule has 7 heteroatoms. The molecule has 1 heterocycles. The third-order valence-electron chi connectivity index (χ3n) is 3.86. The van der Waals surface area contributed by atoms with Crippen molar-refractivity contribution in [2.75, 3.05) is 11.5 Å². The number of carbonyl (C=O) groups excluding carboxylic acids is 1. The molecule has 114 valence electrons. The second-order valence-corrected chi connectivity index (χ2v) is 7.92. The van der Waals surface area contributed by atoms with Crippen molar-refractivity contribution in [2.45, 2.75) is 57.0 Å². The van der Waals surface area contributed by atoms with E-state index in [1.54, 1.807) is 4.90 Å². The van der Waals surface area contributed by atoms with Gasteiger partial charge in [-0.3, -0.25) is 9.59 Å². The molecule has 1 atom stereocenters. The van der Waals surface area contributed by atoms with Crippen LogP contribution in [0.1, 0.15) is 44.9 Å². The van der Waals surface area contributed by atoms with Gasteiger partial charge in [0.1, 0.15) is 0 Å². The number of carbonyl (C=O) groups is 2. The molecule has 1 aliphatic heterocycles. The van der Waals surface area contributed by atoms with E-state index in [1.807, 2.05) is 0 Å². The molecule has 0 aromatic carbocycles. The van der Waals surface area contributed by atoms with E-state index in [-0.39, 0.29) is 35.9 Å². The van der Waals surface area contributed by atoms with Crippen molar-refractivity contribution in [3.8, 4) is 0 Å². The van der Waals surface area contributed by atoms with Gasteiger partial charge in [0.05, 0.1) is 11.5 Å². The minimum absolute atomic E-state index is 0.0139. The summed E-state index contributed by atoms with van der Waals surface area (Å²) < 4.78 is 23.1. The van der Waals surface area contributed by atoms with E-state index in [2.05, 4.69) is 0 Å². The average molecular weight is 303 g/mol. The van der Waals surface area contributed by atoms with E-state index in [1.165, 1.54) is 0 Å². The maximum atomic E-state index is 12.3. The molecule has 1 unspecified atom stereocenters. The summed E-state index contributed by atoms with van der Waals surface area (Å²) in [6.45, 7) is 0. The quantitative estimate of drug-likeness (QED) is 0.703. The molecule has 1 saturated heterocycles. The average Bonchev–Trinajstić information content (AvgIpc) is 3.10. The van der Waals surface area contributed by atoms with E-state index in [4.69, 9.17) is 5.11 Å². The number of carboxylic acids is 1. The van der Waals surface area contributed by atoms with Gasteiger partial charge in [0.25, 0.3) is 0 Å². The van der Waals surface area contributed by atoms with Crippen molar-refractivity contribution < 1.29 is 23.1 Å². The summed E-state index contributed by atoms with van der Waals surface area (Å²) in [6, 6.07) is 0.0414. The first-order valence-corrected chi connectivity index (χ1v) is 8.94. The summed E-state index contributed by atoms with van der Waals surface area (Å²) in [5.74, 6) is -0.601. The second-order valence-electron chi connectivity index (χ2n) is 5.69. The highest BCUT2D eigenvalue weighted by molar-refractivity contribution is 7.91. The van der Waals surface area contributed by atoms with Gasteiger partial charge in [-0.15, -0.1) is 0 Å². The van der Waals surface area contributed by atoms with Gasteiger partial charge in [-0.05, 0) is 32.1 Å². The highest BCUT2D eigenvalue weighted by atomic mass is 32.2. The number of nitrogens with zero attached hydrogens (tertiary/aromatic N) is 1. The molecule has 0 bridgehead atoms. The Labute approximate surface area is 119 Å². The van der Waals surface area contributed by atoms with Gasteiger partial charge in [0.2, 0.25) is 5.91 Å². The topological polar surface area (TPSA) is 91.8 Å². The van der Waals surface area contributed by atoms with E-state index in [0.29, 0.717) is 25.7 Å². The van der Waals surface area contributed by atoms with Crippen LogP contribution in [0.25, 0.3) is 0 Å². The molecule has 6 nitrogen and oxygen atoms in total. The van der Waals surface area contributed by atoms with Crippen molar-refractivity contribution in [3.05, 3.63) is 0 Å². The molecular weight excluding hydrogens is 282 g/mol. The van der Waals surface area contributed by atoms with Crippen molar-refractivity contribution in [1.82, 2.24) is 4.90 Å². The lowest BCUT2D eigenvalue weighted by atomic mass is 10.1. The number of hydrogen-bond acceptors (Lipinski definition) is 4. The molecular formula is C13H21NO5S. The number of carboxylic acid groups (broad SMARTS) is 1. The normalized spacial score (nSPS) is 24.5. The molecule has 0 spiro atoms. The van der Waals surface area contributed by atoms with Crippen LogP contribution in [0.15, 0.2) is 0 Å². The van der Waals surface area contributed by atoms with E-state index in [9.17, 15) is 18.0 Å². The molecule has 0 radical (unpaired) electrons. The van der Waals surface area contributed by atoms with Gasteiger partial charge in [-0.1, -0.05) is 0 Å². The fourth-order valence-corrected chi connectivity index (χ4v) is 4.45. The van der Waals surface area contributed by atoms with Crippen LogP contribution in [-0.2, 0) is 19.4 Å². The smallest absolute Gasteiger partial charge is 0.303 e. The molecule has 1 aliphatic carbocycles. The lowest BCUT2D eigenvalue weighted by molar-refractivity contribution is -0.138. The summed E-state index contributed by atoms with van der Waals surface area (Å²) in [4.78, 5) is 24.4. The Morgan fingerprint density at radius 2 is 1.70 bits per heavy atom. The van der Waals surface area contributed by atoms with Crippen LogP contribution in [0.4, 0.5) is 0 Å². The molecule has 2 aliphatic rings. The monoisotopic (exact) mass is 303 g/mol. The summed E-state index contributed by atoms with van der Waals surface area (Å²) >= 11 is 0. The van der Waals surface area contributed by atoms with Crippen molar-refractivity contribution in [3.63, 3.8) is 0 Å². The maximum absolute atomic E-state index is 12.3. The number of hydrogen-bond donors (Lipinski definition) is 1. The van der Waals surface area contributed by atoms with Crippen LogP contribution < -0.4 is 0 Å². The number of unbranched alkanes of at least 4 members (excludes halogenated alkanes) is 1. The van der Waals surface area contributed by atoms with E-state index >= 15 is 0 Å². The third-order valence-corrected chi connectivity index (χ3v) is 5.61. The molecule has 1 amide bonds. The van der Waals surface area contributed by atoms with Crippen LogP contribution in [0.2, 0.25) is 0 Å². The number of aliphatic carboxylic acids is 1. The van der Waals surface area contributed by atoms with Crippen LogP contribution >= 0.6 is 0 Å². The minimum Gasteiger partial charge on any atom is -0.481 e. The summed E-state index contributed by atoms with van der Waals surface area (Å²) in [6.07, 6.45) is 3.89. The first-order chi connectivity index (χ1) is 9.39. The number of amides is 1. The highest BCUT2D eigenvalue weighted by Gasteiger charge is 2.41. The Morgan fingerprint density at radius 3 is 2.20 bits per heavy atom. The van der Waals surface area contributed by atoms with Crippen LogP contribution in [-0.4, -0.2) is 53.9 Å². The molecule has 1 saturated carbocycles. The second kappa shape index (κ2) is 6.11. The molecule has 0 aromatic rings. The van der Waals surface area contributed by atoms with Crippen LogP contribution in [0.3, 0.4) is 0 Å². The van der Waals surface area contributed by atoms with E-state index in [0.717, 1.165) is 12.8 Å². The SMILES string of the molecule is O=C(O)CCCCC(=O)N(C1CC1)C1CCS(=O)(=O)C1. The van der Waals surface area contributed by atoms with Crippen LogP contribution in [0, 0.1) is 0 Å². The number of rotatable bonds is 7. The zero-order valence-electron chi connectivity index (χ0n) is 11.5. The van der Waals surface area contributed by atoms with Gasteiger partial charge in [0.15, 0.2) is 9.84 Å². The maximum Gasteiger partial charge on any atom is 0.303 e. The lowest BCUT2D eigenvalue weighted by Crippen LogP contribution is -2.42. The zero-order valence-corrected chi connectivity index (χ0v) is 12.3. The van der Waals surface area contributed by atoms with Gasteiger partial charge < -0.3 is 10.0 Å². The van der Waals surface area contributed by atoms with Gasteiger partial charge in [-0.2, -0.15) is 0 Å². The van der Waals surface area contributed by atoms with E-state index < -0.39 is 15.8 Å². The molecule has 1 N–H and O–H groups in total. The third kappa shape index (κ3) is 4.19. The predicted molar refractivity (Wildman–Crippen MR) is 73.0 cm³/mol. The van der Waals surface area contributed by atoms with Crippen molar-refractivity contribution in [1.29, 1.82) is 0 Å². The van der Waals surface area contributed by atoms with Crippen molar-refractivity contribution in [2.24, 2.45) is 0 Å². The first kappa shape index (κ1) is 15.3. The predicted octanol–water partition coefficient (Wildman–Crippen LogP) is 0.810. The Balaban J connectivity index is 1.85. The standard InChI is InChI=1S/C13H21NO5S/c15-12(3-1-2-4-13(16)17)14(10-5-6-10)11-7-8-20(18,19)9-11/h10-11H,1-9H2,(H,16,17). The summed E-state index contributed by atoms with van der Waals surface area (Å²) in [7, 11) is -2.99. The van der Waals surface area contributed by atoms with Gasteiger partial charge in [-0.25, -0.2) is 8.42 Å². The zero-order chi connectivity index (χ0) is 14.8. The Bertz CT molecular complexity index is 483. The first-order valence-electron chi connectivity index (χ1n) is 7.12. The van der Waals surface area contributed by atoms with Gasteiger partial charge >= 0.3 is 5.97 Å². The molecule has 2 fully saturated rings. The Kier molecular flexibility index (Phi) is 4.67. The Hall–Kier alpha value is -1.11. The fourth-order valence-electron chi connectivity index (χ4n) is 2.73. The molecule has 20 heavy (non-hydrogen) atoms. The van der Waals surface area contributed by atoms with Crippen molar-refractivity contribution >= 4 is 21.7 Å². The summed E-state index contributed by atoms with van der Waals surface area (Å²) in [5, 5.41) is 8.55. The van der Waals surface area contributed by atoms with Crippen LogP contribution in [0.5, 0.6) is 0 Å². The lowest BCUT2D eigenvalue weighted by Gasteiger charge is -2.28. The molecule has 2 rings (SSSR count). The van der Waals surface area contributed by atoms with Gasteiger partial charge in [0, 0.05) is 24.9 Å². The fraction of sp³-hybridized carbons (Fsp3) is 0.846. The number of sulfone groups is 1. The largest absolute Gasteiger partial charge is 0.481 e. The summed E-state index contributed by atoms with van der Waals surface area (Å²) in [5.41, 5.74) is 0. The Morgan fingerprint density at radius 1 is 1.05 bits per heavy atom. The molecule has 0 aromatic heterocycles. The highest BCUT2D eigenvalue weighted by Crippen LogP contribution is 2.33. The minimum atomic E-state index is -2.99.